The van der Waals surface area contributed by atoms with Gasteiger partial charge < -0.3 is 20.4 Å². The van der Waals surface area contributed by atoms with Crippen molar-refractivity contribution >= 4 is 11.6 Å². The maximum Gasteiger partial charge on any atom is 0.251 e. The van der Waals surface area contributed by atoms with Crippen molar-refractivity contribution in [3.63, 3.8) is 0 Å². The summed E-state index contributed by atoms with van der Waals surface area (Å²) in [5.41, 5.74) is 1.68. The number of hydrogen-bond donors (Lipinski definition) is 3. The molecule has 2 atom stereocenters. The maximum absolute atomic E-state index is 12.1. The number of hydrogen-bond acceptors (Lipinski definition) is 4. The highest BCUT2D eigenvalue weighted by Gasteiger charge is 2.18. The van der Waals surface area contributed by atoms with E-state index in [0.29, 0.717) is 5.56 Å². The van der Waals surface area contributed by atoms with Crippen LogP contribution in [0.2, 0.25) is 0 Å². The second kappa shape index (κ2) is 8.31. The molecule has 2 unspecified atom stereocenters. The first kappa shape index (κ1) is 17.8. The molecule has 0 spiro atoms. The fourth-order valence-corrected chi connectivity index (χ4v) is 2.72. The van der Waals surface area contributed by atoms with E-state index < -0.39 is 6.10 Å². The fraction of sp³-hybridized carbons (Fsp3) is 0.611. The summed E-state index contributed by atoms with van der Waals surface area (Å²) in [6, 6.07) is 7.51. The van der Waals surface area contributed by atoms with Crippen LogP contribution in [0.3, 0.4) is 0 Å². The van der Waals surface area contributed by atoms with Gasteiger partial charge in [0.15, 0.2) is 0 Å². The molecule has 0 aliphatic carbocycles. The molecule has 0 radical (unpaired) electrons. The fourth-order valence-electron chi connectivity index (χ4n) is 2.72. The van der Waals surface area contributed by atoms with Crippen molar-refractivity contribution < 1.29 is 15.0 Å². The van der Waals surface area contributed by atoms with E-state index in [1.54, 1.807) is 0 Å². The zero-order valence-corrected chi connectivity index (χ0v) is 14.0. The van der Waals surface area contributed by atoms with Crippen LogP contribution in [-0.2, 0) is 0 Å². The number of aliphatic hydroxyl groups is 2. The van der Waals surface area contributed by atoms with Crippen molar-refractivity contribution in [1.29, 1.82) is 0 Å². The third-order valence-electron chi connectivity index (χ3n) is 4.73. The highest BCUT2D eigenvalue weighted by atomic mass is 16.3. The van der Waals surface area contributed by atoms with E-state index in [1.165, 1.54) is 0 Å². The van der Waals surface area contributed by atoms with Crippen molar-refractivity contribution in [3.8, 4) is 0 Å². The predicted octanol–water partition coefficient (Wildman–Crippen LogP) is 1.78. The van der Waals surface area contributed by atoms with Crippen LogP contribution in [0.4, 0.5) is 5.69 Å². The number of anilines is 1. The van der Waals surface area contributed by atoms with E-state index in [-0.39, 0.29) is 24.5 Å². The normalized spacial score (nSPS) is 18.5. The number of nitrogens with zero attached hydrogens (tertiary/aromatic N) is 1. The Balaban J connectivity index is 1.87. The molecular weight excluding hydrogens is 292 g/mol. The van der Waals surface area contributed by atoms with Gasteiger partial charge in [0.2, 0.25) is 0 Å². The summed E-state index contributed by atoms with van der Waals surface area (Å²) in [5.74, 6) is 0.0140. The lowest BCUT2D eigenvalue weighted by atomic mass is 10.0. The van der Waals surface area contributed by atoms with Crippen LogP contribution in [0.5, 0.6) is 0 Å². The summed E-state index contributed by atoms with van der Waals surface area (Å²) in [6.07, 6.45) is 1.76. The lowest BCUT2D eigenvalue weighted by Crippen LogP contribution is -2.36. The van der Waals surface area contributed by atoms with Gasteiger partial charge in [0.05, 0.1) is 12.2 Å². The number of nitrogens with one attached hydrogen (secondary N) is 1. The van der Waals surface area contributed by atoms with Gasteiger partial charge in [0, 0.05) is 30.9 Å². The van der Waals surface area contributed by atoms with Gasteiger partial charge in [-0.25, -0.2) is 0 Å². The summed E-state index contributed by atoms with van der Waals surface area (Å²) >= 11 is 0. The third-order valence-corrected chi connectivity index (χ3v) is 4.73. The minimum absolute atomic E-state index is 0.159. The van der Waals surface area contributed by atoms with Crippen LogP contribution < -0.4 is 10.2 Å². The molecule has 0 aromatic heterocycles. The van der Waals surface area contributed by atoms with Gasteiger partial charge in [-0.1, -0.05) is 20.3 Å². The first-order valence-electron chi connectivity index (χ1n) is 8.50. The largest absolute Gasteiger partial charge is 0.393 e. The molecule has 1 saturated heterocycles. The van der Waals surface area contributed by atoms with Crippen molar-refractivity contribution in [2.75, 3.05) is 24.5 Å². The zero-order chi connectivity index (χ0) is 16.8. The lowest BCUT2D eigenvalue weighted by molar-refractivity contribution is 0.0850. The van der Waals surface area contributed by atoms with Crippen molar-refractivity contribution in [1.82, 2.24) is 5.32 Å². The first-order chi connectivity index (χ1) is 11.0. The van der Waals surface area contributed by atoms with Crippen LogP contribution in [0.15, 0.2) is 24.3 Å². The monoisotopic (exact) mass is 320 g/mol. The Kier molecular flexibility index (Phi) is 6.42. The summed E-state index contributed by atoms with van der Waals surface area (Å²) in [7, 11) is 0. The Morgan fingerprint density at radius 2 is 1.91 bits per heavy atom. The number of benzene rings is 1. The van der Waals surface area contributed by atoms with E-state index in [0.717, 1.165) is 38.0 Å². The number of aliphatic hydroxyl groups excluding tert-OH is 2. The molecular formula is C18H28N2O3. The lowest BCUT2D eigenvalue weighted by Gasteiger charge is -2.31. The third kappa shape index (κ3) is 4.94. The van der Waals surface area contributed by atoms with Crippen LogP contribution in [0.25, 0.3) is 0 Å². The molecule has 5 heteroatoms. The quantitative estimate of drug-likeness (QED) is 0.747. The standard InChI is InChI=1S/C18H28N2O3/c1-3-13(2)17(22)12-19-18(23)14-4-6-15(7-5-14)20-10-8-16(21)9-11-20/h4-7,13,16-17,21-22H,3,8-12H2,1-2H3,(H,19,23). The number of amides is 1. The minimum Gasteiger partial charge on any atom is -0.393 e. The van der Waals surface area contributed by atoms with E-state index in [9.17, 15) is 15.0 Å². The molecule has 2 rings (SSSR count). The second-order valence-corrected chi connectivity index (χ2v) is 6.43. The van der Waals surface area contributed by atoms with Crippen molar-refractivity contribution in [3.05, 3.63) is 29.8 Å². The van der Waals surface area contributed by atoms with E-state index >= 15 is 0 Å². The van der Waals surface area contributed by atoms with E-state index in [1.807, 2.05) is 38.1 Å². The zero-order valence-electron chi connectivity index (χ0n) is 14.0. The van der Waals surface area contributed by atoms with Gasteiger partial charge in [-0.15, -0.1) is 0 Å². The second-order valence-electron chi connectivity index (χ2n) is 6.43. The van der Waals surface area contributed by atoms with E-state index in [2.05, 4.69) is 10.2 Å². The summed E-state index contributed by atoms with van der Waals surface area (Å²) in [4.78, 5) is 14.3. The van der Waals surface area contributed by atoms with Gasteiger partial charge in [0.25, 0.3) is 5.91 Å². The molecule has 0 saturated carbocycles. The molecule has 1 amide bonds. The summed E-state index contributed by atoms with van der Waals surface area (Å²) in [5, 5.41) is 22.2. The molecule has 1 aliphatic heterocycles. The number of rotatable bonds is 6. The smallest absolute Gasteiger partial charge is 0.251 e. The minimum atomic E-state index is -0.511. The van der Waals surface area contributed by atoms with Gasteiger partial charge in [-0.2, -0.15) is 0 Å². The molecule has 1 aromatic carbocycles. The van der Waals surface area contributed by atoms with Crippen LogP contribution in [0, 0.1) is 5.92 Å². The maximum atomic E-state index is 12.1. The number of piperidine rings is 1. The predicted molar refractivity (Wildman–Crippen MR) is 91.7 cm³/mol. The first-order valence-corrected chi connectivity index (χ1v) is 8.50. The van der Waals surface area contributed by atoms with Gasteiger partial charge in [-0.05, 0) is 43.0 Å². The SMILES string of the molecule is CCC(C)C(O)CNC(=O)c1ccc(N2CCC(O)CC2)cc1. The topological polar surface area (TPSA) is 72.8 Å². The molecule has 5 nitrogen and oxygen atoms in total. The summed E-state index contributed by atoms with van der Waals surface area (Å²) < 4.78 is 0. The Morgan fingerprint density at radius 1 is 1.30 bits per heavy atom. The molecule has 128 valence electrons. The van der Waals surface area contributed by atoms with Crippen LogP contribution in [-0.4, -0.2) is 48.0 Å². The van der Waals surface area contributed by atoms with Crippen LogP contribution in [0.1, 0.15) is 43.5 Å². The van der Waals surface area contributed by atoms with Crippen LogP contribution >= 0.6 is 0 Å². The average molecular weight is 320 g/mol. The van der Waals surface area contributed by atoms with Crippen molar-refractivity contribution in [2.24, 2.45) is 5.92 Å². The van der Waals surface area contributed by atoms with Gasteiger partial charge >= 0.3 is 0 Å². The molecule has 1 fully saturated rings. The highest BCUT2D eigenvalue weighted by molar-refractivity contribution is 5.94. The highest BCUT2D eigenvalue weighted by Crippen LogP contribution is 2.20. The molecule has 3 N–H and O–H groups in total. The number of carbonyl (C=O) groups excluding carboxylic acids is 1. The van der Waals surface area contributed by atoms with Gasteiger partial charge in [-0.3, -0.25) is 4.79 Å². The Morgan fingerprint density at radius 3 is 2.48 bits per heavy atom. The Hall–Kier alpha value is -1.59. The number of carbonyl (C=O) groups is 1. The molecule has 1 aliphatic rings. The Bertz CT molecular complexity index is 495. The summed E-state index contributed by atoms with van der Waals surface area (Å²) in [6.45, 7) is 5.95. The van der Waals surface area contributed by atoms with Gasteiger partial charge in [0.1, 0.15) is 0 Å². The molecule has 1 heterocycles. The Labute approximate surface area is 138 Å². The average Bonchev–Trinajstić information content (AvgIpc) is 2.59. The van der Waals surface area contributed by atoms with E-state index in [4.69, 9.17) is 0 Å². The molecule has 1 aromatic rings. The molecule has 0 bridgehead atoms. The molecule has 23 heavy (non-hydrogen) atoms. The van der Waals surface area contributed by atoms with Crippen molar-refractivity contribution in [2.45, 2.75) is 45.3 Å².